The largest absolute Gasteiger partial charge is 0.480 e. The first-order valence-corrected chi connectivity index (χ1v) is 6.12. The number of hydrogen-bond acceptors (Lipinski definition) is 2. The molecule has 0 aliphatic heterocycles. The van der Waals surface area contributed by atoms with Crippen molar-refractivity contribution in [3.05, 3.63) is 29.8 Å². The van der Waals surface area contributed by atoms with E-state index in [9.17, 15) is 9.90 Å². The molecule has 94 valence electrons. The van der Waals surface area contributed by atoms with Crippen molar-refractivity contribution in [1.82, 2.24) is 0 Å². The fourth-order valence-corrected chi connectivity index (χ4v) is 1.66. The van der Waals surface area contributed by atoms with Crippen molar-refractivity contribution in [2.45, 2.75) is 45.6 Å². The number of anilines is 1. The van der Waals surface area contributed by atoms with Gasteiger partial charge in [0.25, 0.3) is 0 Å². The third-order valence-electron chi connectivity index (χ3n) is 3.09. The zero-order valence-corrected chi connectivity index (χ0v) is 10.8. The zero-order valence-electron chi connectivity index (χ0n) is 10.8. The quantitative estimate of drug-likeness (QED) is 0.795. The Hall–Kier alpha value is -1.51. The van der Waals surface area contributed by atoms with Gasteiger partial charge in [0.15, 0.2) is 0 Å². The van der Waals surface area contributed by atoms with Crippen LogP contribution in [0.15, 0.2) is 24.3 Å². The van der Waals surface area contributed by atoms with Gasteiger partial charge in [-0.2, -0.15) is 0 Å². The molecule has 0 heterocycles. The smallest absolute Gasteiger partial charge is 0.329 e. The Morgan fingerprint density at radius 1 is 1.29 bits per heavy atom. The standard InChI is InChI=1S/C14H21NO2/c1-4-6-11-7-9-12(10-8-11)15-14(3,5-2)13(16)17/h7-10,15H,4-6H2,1-3H3,(H,16,17). The number of benzene rings is 1. The Morgan fingerprint density at radius 3 is 2.29 bits per heavy atom. The molecule has 0 aliphatic rings. The minimum Gasteiger partial charge on any atom is -0.480 e. The van der Waals surface area contributed by atoms with Crippen LogP contribution in [0.1, 0.15) is 39.2 Å². The molecule has 1 aromatic rings. The summed E-state index contributed by atoms with van der Waals surface area (Å²) in [4.78, 5) is 11.2. The second-order valence-electron chi connectivity index (χ2n) is 4.56. The van der Waals surface area contributed by atoms with Gasteiger partial charge < -0.3 is 10.4 Å². The highest BCUT2D eigenvalue weighted by Crippen LogP contribution is 2.19. The number of rotatable bonds is 6. The number of carboxylic acids is 1. The second-order valence-corrected chi connectivity index (χ2v) is 4.56. The molecule has 3 nitrogen and oxygen atoms in total. The van der Waals surface area contributed by atoms with E-state index in [1.54, 1.807) is 6.92 Å². The number of aryl methyl sites for hydroxylation is 1. The average Bonchev–Trinajstić information content (AvgIpc) is 2.31. The van der Waals surface area contributed by atoms with Gasteiger partial charge in [-0.15, -0.1) is 0 Å². The first-order chi connectivity index (χ1) is 8.01. The molecule has 2 N–H and O–H groups in total. The molecule has 0 aromatic heterocycles. The molecule has 0 amide bonds. The third kappa shape index (κ3) is 3.48. The minimum absolute atomic E-state index is 0.541. The summed E-state index contributed by atoms with van der Waals surface area (Å²) >= 11 is 0. The molecule has 0 saturated carbocycles. The van der Waals surface area contributed by atoms with Gasteiger partial charge in [0, 0.05) is 5.69 Å². The molecule has 0 radical (unpaired) electrons. The Bertz CT molecular complexity index is 372. The average molecular weight is 235 g/mol. The molecule has 0 bridgehead atoms. The Balaban J connectivity index is 2.77. The molecule has 1 rings (SSSR count). The van der Waals surface area contributed by atoms with E-state index >= 15 is 0 Å². The third-order valence-corrected chi connectivity index (χ3v) is 3.09. The molecular formula is C14H21NO2. The predicted octanol–water partition coefficient (Wildman–Crippen LogP) is 3.30. The number of aliphatic carboxylic acids is 1. The van der Waals surface area contributed by atoms with Crippen molar-refractivity contribution >= 4 is 11.7 Å². The summed E-state index contributed by atoms with van der Waals surface area (Å²) in [6.45, 7) is 5.71. The van der Waals surface area contributed by atoms with Crippen LogP contribution in [0, 0.1) is 0 Å². The van der Waals surface area contributed by atoms with E-state index in [-0.39, 0.29) is 0 Å². The molecule has 0 saturated heterocycles. The van der Waals surface area contributed by atoms with Crippen molar-refractivity contribution < 1.29 is 9.90 Å². The number of hydrogen-bond donors (Lipinski definition) is 2. The summed E-state index contributed by atoms with van der Waals surface area (Å²) in [5, 5.41) is 12.2. The lowest BCUT2D eigenvalue weighted by Gasteiger charge is -2.26. The molecule has 1 atom stereocenters. The van der Waals surface area contributed by atoms with Crippen molar-refractivity contribution in [2.75, 3.05) is 5.32 Å². The van der Waals surface area contributed by atoms with Gasteiger partial charge in [0.2, 0.25) is 0 Å². The lowest BCUT2D eigenvalue weighted by Crippen LogP contribution is -2.42. The predicted molar refractivity (Wildman–Crippen MR) is 70.4 cm³/mol. The van der Waals surface area contributed by atoms with Crippen LogP contribution in [0.2, 0.25) is 0 Å². The van der Waals surface area contributed by atoms with Gasteiger partial charge in [-0.05, 0) is 37.5 Å². The van der Waals surface area contributed by atoms with Gasteiger partial charge in [-0.3, -0.25) is 0 Å². The summed E-state index contributed by atoms with van der Waals surface area (Å²) in [6.07, 6.45) is 2.72. The van der Waals surface area contributed by atoms with Crippen LogP contribution in [-0.4, -0.2) is 16.6 Å². The van der Waals surface area contributed by atoms with Crippen molar-refractivity contribution in [1.29, 1.82) is 0 Å². The van der Waals surface area contributed by atoms with E-state index in [2.05, 4.69) is 12.2 Å². The van der Waals surface area contributed by atoms with E-state index in [1.165, 1.54) is 5.56 Å². The summed E-state index contributed by atoms with van der Waals surface area (Å²) in [5.74, 6) is -0.822. The Labute approximate surface area is 103 Å². The van der Waals surface area contributed by atoms with Crippen LogP contribution in [0.25, 0.3) is 0 Å². The van der Waals surface area contributed by atoms with E-state index < -0.39 is 11.5 Å². The topological polar surface area (TPSA) is 49.3 Å². The molecule has 0 spiro atoms. The van der Waals surface area contributed by atoms with Crippen LogP contribution in [0.4, 0.5) is 5.69 Å². The van der Waals surface area contributed by atoms with Crippen LogP contribution < -0.4 is 5.32 Å². The van der Waals surface area contributed by atoms with Gasteiger partial charge >= 0.3 is 5.97 Å². The second kappa shape index (κ2) is 5.71. The van der Waals surface area contributed by atoms with Crippen LogP contribution in [0.5, 0.6) is 0 Å². The first kappa shape index (κ1) is 13.6. The maximum atomic E-state index is 11.2. The monoisotopic (exact) mass is 235 g/mol. The van der Waals surface area contributed by atoms with Crippen molar-refractivity contribution in [3.8, 4) is 0 Å². The maximum Gasteiger partial charge on any atom is 0.329 e. The fourth-order valence-electron chi connectivity index (χ4n) is 1.66. The Morgan fingerprint density at radius 2 is 1.88 bits per heavy atom. The molecule has 17 heavy (non-hydrogen) atoms. The van der Waals surface area contributed by atoms with E-state index in [4.69, 9.17) is 0 Å². The lowest BCUT2D eigenvalue weighted by molar-refractivity contribution is -0.141. The SMILES string of the molecule is CCCc1ccc(NC(C)(CC)C(=O)O)cc1. The number of nitrogens with one attached hydrogen (secondary N) is 1. The van der Waals surface area contributed by atoms with Gasteiger partial charge in [-0.1, -0.05) is 32.4 Å². The van der Waals surface area contributed by atoms with Gasteiger partial charge in [0.1, 0.15) is 5.54 Å². The summed E-state index contributed by atoms with van der Waals surface area (Å²) in [6, 6.07) is 7.98. The number of carbonyl (C=O) groups is 1. The molecule has 1 unspecified atom stereocenters. The van der Waals surface area contributed by atoms with Crippen molar-refractivity contribution in [3.63, 3.8) is 0 Å². The normalized spacial score (nSPS) is 14.1. The van der Waals surface area contributed by atoms with Gasteiger partial charge in [-0.25, -0.2) is 4.79 Å². The molecular weight excluding hydrogens is 214 g/mol. The van der Waals surface area contributed by atoms with E-state index in [1.807, 2.05) is 31.2 Å². The first-order valence-electron chi connectivity index (χ1n) is 6.12. The minimum atomic E-state index is -0.897. The highest BCUT2D eigenvalue weighted by atomic mass is 16.4. The highest BCUT2D eigenvalue weighted by molar-refractivity contribution is 5.82. The molecule has 1 aromatic carbocycles. The summed E-state index contributed by atoms with van der Waals surface area (Å²) < 4.78 is 0. The molecule has 0 fully saturated rings. The maximum absolute atomic E-state index is 11.2. The van der Waals surface area contributed by atoms with E-state index in [0.29, 0.717) is 6.42 Å². The summed E-state index contributed by atoms with van der Waals surface area (Å²) in [5.41, 5.74) is 1.25. The molecule has 3 heteroatoms. The number of carboxylic acid groups (broad SMARTS) is 1. The van der Waals surface area contributed by atoms with Gasteiger partial charge in [0.05, 0.1) is 0 Å². The fraction of sp³-hybridized carbons (Fsp3) is 0.500. The van der Waals surface area contributed by atoms with Crippen LogP contribution in [-0.2, 0) is 11.2 Å². The lowest BCUT2D eigenvalue weighted by atomic mass is 9.98. The van der Waals surface area contributed by atoms with Crippen LogP contribution >= 0.6 is 0 Å². The zero-order chi connectivity index (χ0) is 12.9. The van der Waals surface area contributed by atoms with Crippen LogP contribution in [0.3, 0.4) is 0 Å². The van der Waals surface area contributed by atoms with E-state index in [0.717, 1.165) is 18.5 Å². The summed E-state index contributed by atoms with van der Waals surface area (Å²) in [7, 11) is 0. The molecule has 0 aliphatic carbocycles. The highest BCUT2D eigenvalue weighted by Gasteiger charge is 2.30. The Kier molecular flexibility index (Phi) is 4.55. The van der Waals surface area contributed by atoms with Crippen molar-refractivity contribution in [2.24, 2.45) is 0 Å².